The van der Waals surface area contributed by atoms with Crippen molar-refractivity contribution in [2.24, 2.45) is 5.73 Å². The number of nitrogens with two attached hydrogens (primary N) is 1. The quantitative estimate of drug-likeness (QED) is 0.913. The largest absolute Gasteiger partial charge is 0.330 e. The Morgan fingerprint density at radius 1 is 1.16 bits per heavy atom. The van der Waals surface area contributed by atoms with Crippen LogP contribution in [0.25, 0.3) is 0 Å². The van der Waals surface area contributed by atoms with Crippen molar-refractivity contribution >= 4 is 11.5 Å². The lowest BCUT2D eigenvalue weighted by Crippen LogP contribution is -2.13. The van der Waals surface area contributed by atoms with E-state index in [1.165, 1.54) is 22.4 Å². The SMILES string of the molecule is Cc1ccc(N(C)c2ccc(CCN)cn2)c(C)c1. The van der Waals surface area contributed by atoms with Gasteiger partial charge in [0.05, 0.1) is 0 Å². The summed E-state index contributed by atoms with van der Waals surface area (Å²) in [6.45, 7) is 4.90. The lowest BCUT2D eigenvalue weighted by molar-refractivity contribution is 0.955. The second kappa shape index (κ2) is 5.85. The van der Waals surface area contributed by atoms with Crippen molar-refractivity contribution in [2.75, 3.05) is 18.5 Å². The summed E-state index contributed by atoms with van der Waals surface area (Å²) in [7, 11) is 2.04. The van der Waals surface area contributed by atoms with E-state index in [0.29, 0.717) is 6.54 Å². The first-order valence-corrected chi connectivity index (χ1v) is 6.58. The van der Waals surface area contributed by atoms with Crippen molar-refractivity contribution in [3.8, 4) is 0 Å². The van der Waals surface area contributed by atoms with E-state index in [4.69, 9.17) is 5.73 Å². The maximum atomic E-state index is 5.55. The molecule has 1 aromatic heterocycles. The molecule has 19 heavy (non-hydrogen) atoms. The molecule has 1 aromatic carbocycles. The van der Waals surface area contributed by atoms with Gasteiger partial charge in [0.15, 0.2) is 0 Å². The van der Waals surface area contributed by atoms with Crippen molar-refractivity contribution < 1.29 is 0 Å². The molecule has 2 rings (SSSR count). The molecule has 0 aliphatic rings. The fraction of sp³-hybridized carbons (Fsp3) is 0.312. The predicted molar refractivity (Wildman–Crippen MR) is 81.0 cm³/mol. The summed E-state index contributed by atoms with van der Waals surface area (Å²) in [5, 5.41) is 0. The molecule has 2 N–H and O–H groups in total. The molecule has 100 valence electrons. The highest BCUT2D eigenvalue weighted by molar-refractivity contribution is 5.63. The summed E-state index contributed by atoms with van der Waals surface area (Å²) < 4.78 is 0. The van der Waals surface area contributed by atoms with Gasteiger partial charge in [-0.1, -0.05) is 23.8 Å². The summed E-state index contributed by atoms with van der Waals surface area (Å²) in [5.41, 5.74) is 10.4. The van der Waals surface area contributed by atoms with Crippen LogP contribution in [0.1, 0.15) is 16.7 Å². The van der Waals surface area contributed by atoms with Crippen LogP contribution in [0.2, 0.25) is 0 Å². The van der Waals surface area contributed by atoms with Gasteiger partial charge in [-0.25, -0.2) is 4.98 Å². The van der Waals surface area contributed by atoms with Gasteiger partial charge in [0, 0.05) is 18.9 Å². The van der Waals surface area contributed by atoms with E-state index in [2.05, 4.69) is 48.0 Å². The van der Waals surface area contributed by atoms with Gasteiger partial charge in [-0.15, -0.1) is 0 Å². The Kier molecular flexibility index (Phi) is 4.17. The molecule has 3 heteroatoms. The van der Waals surface area contributed by atoms with Crippen LogP contribution in [0, 0.1) is 13.8 Å². The Morgan fingerprint density at radius 3 is 2.53 bits per heavy atom. The van der Waals surface area contributed by atoms with E-state index < -0.39 is 0 Å². The average Bonchev–Trinajstić information content (AvgIpc) is 2.39. The first-order chi connectivity index (χ1) is 9.11. The number of benzene rings is 1. The third-order valence-electron chi connectivity index (χ3n) is 3.30. The van der Waals surface area contributed by atoms with Gasteiger partial charge >= 0.3 is 0 Å². The zero-order chi connectivity index (χ0) is 13.8. The number of pyridine rings is 1. The van der Waals surface area contributed by atoms with Gasteiger partial charge in [0.2, 0.25) is 0 Å². The molecule has 0 aliphatic heterocycles. The van der Waals surface area contributed by atoms with Crippen LogP contribution in [0.5, 0.6) is 0 Å². The molecule has 3 nitrogen and oxygen atoms in total. The van der Waals surface area contributed by atoms with Gasteiger partial charge in [0.1, 0.15) is 5.82 Å². The second-order valence-electron chi connectivity index (χ2n) is 4.91. The van der Waals surface area contributed by atoms with Gasteiger partial charge in [-0.2, -0.15) is 0 Å². The zero-order valence-corrected chi connectivity index (χ0v) is 11.9. The molecule has 0 amide bonds. The smallest absolute Gasteiger partial charge is 0.132 e. The molecular formula is C16H21N3. The maximum absolute atomic E-state index is 5.55. The molecule has 0 bridgehead atoms. The molecular weight excluding hydrogens is 234 g/mol. The van der Waals surface area contributed by atoms with E-state index in [-0.39, 0.29) is 0 Å². The highest BCUT2D eigenvalue weighted by Gasteiger charge is 2.08. The number of aryl methyl sites for hydroxylation is 2. The van der Waals surface area contributed by atoms with Crippen LogP contribution in [0.15, 0.2) is 36.5 Å². The molecule has 0 fully saturated rings. The lowest BCUT2D eigenvalue weighted by Gasteiger charge is -2.21. The number of hydrogen-bond donors (Lipinski definition) is 1. The highest BCUT2D eigenvalue weighted by Crippen LogP contribution is 2.25. The van der Waals surface area contributed by atoms with E-state index in [1.807, 2.05) is 19.3 Å². The van der Waals surface area contributed by atoms with Gasteiger partial charge in [-0.05, 0) is 50.1 Å². The number of anilines is 2. The Labute approximate surface area is 115 Å². The molecule has 0 radical (unpaired) electrons. The monoisotopic (exact) mass is 255 g/mol. The van der Waals surface area contributed by atoms with Crippen LogP contribution in [0.4, 0.5) is 11.5 Å². The first-order valence-electron chi connectivity index (χ1n) is 6.58. The van der Waals surface area contributed by atoms with Gasteiger partial charge < -0.3 is 10.6 Å². The van der Waals surface area contributed by atoms with E-state index in [9.17, 15) is 0 Å². The summed E-state index contributed by atoms with van der Waals surface area (Å²) in [4.78, 5) is 6.62. The summed E-state index contributed by atoms with van der Waals surface area (Å²) in [6.07, 6.45) is 2.78. The van der Waals surface area contributed by atoms with Crippen molar-refractivity contribution in [1.82, 2.24) is 4.98 Å². The molecule has 0 atom stereocenters. The summed E-state index contributed by atoms with van der Waals surface area (Å²) in [5.74, 6) is 0.952. The number of hydrogen-bond acceptors (Lipinski definition) is 3. The Balaban J connectivity index is 2.25. The zero-order valence-electron chi connectivity index (χ0n) is 11.9. The Morgan fingerprint density at radius 2 is 1.95 bits per heavy atom. The minimum atomic E-state index is 0.661. The standard InChI is InChI=1S/C16H21N3/c1-12-4-6-15(13(2)10-12)19(3)16-7-5-14(8-9-17)11-18-16/h4-7,10-11H,8-9,17H2,1-3H3. The lowest BCUT2D eigenvalue weighted by atomic mass is 10.1. The van der Waals surface area contributed by atoms with Crippen LogP contribution < -0.4 is 10.6 Å². The van der Waals surface area contributed by atoms with Crippen LogP contribution in [0.3, 0.4) is 0 Å². The molecule has 0 unspecified atom stereocenters. The van der Waals surface area contributed by atoms with Crippen molar-refractivity contribution in [3.63, 3.8) is 0 Å². The number of nitrogens with zero attached hydrogens (tertiary/aromatic N) is 2. The number of rotatable bonds is 4. The molecule has 1 heterocycles. The molecule has 2 aromatic rings. The minimum absolute atomic E-state index is 0.661. The van der Waals surface area contributed by atoms with E-state index in [0.717, 1.165) is 12.2 Å². The summed E-state index contributed by atoms with van der Waals surface area (Å²) in [6, 6.07) is 10.6. The normalized spacial score (nSPS) is 10.5. The van der Waals surface area contributed by atoms with Crippen LogP contribution >= 0.6 is 0 Å². The third kappa shape index (κ3) is 3.12. The fourth-order valence-corrected chi connectivity index (χ4v) is 2.23. The van der Waals surface area contributed by atoms with Gasteiger partial charge in [-0.3, -0.25) is 0 Å². The minimum Gasteiger partial charge on any atom is -0.330 e. The first kappa shape index (κ1) is 13.6. The molecule has 0 saturated carbocycles. The maximum Gasteiger partial charge on any atom is 0.132 e. The second-order valence-corrected chi connectivity index (χ2v) is 4.91. The van der Waals surface area contributed by atoms with Crippen molar-refractivity contribution in [2.45, 2.75) is 20.3 Å². The van der Waals surface area contributed by atoms with Crippen LogP contribution in [-0.4, -0.2) is 18.6 Å². The van der Waals surface area contributed by atoms with Gasteiger partial charge in [0.25, 0.3) is 0 Å². The number of aromatic nitrogens is 1. The Hall–Kier alpha value is -1.87. The molecule has 0 spiro atoms. The average molecular weight is 255 g/mol. The topological polar surface area (TPSA) is 42.1 Å². The third-order valence-corrected chi connectivity index (χ3v) is 3.30. The molecule has 0 saturated heterocycles. The Bertz CT molecular complexity index is 546. The molecule has 0 aliphatic carbocycles. The van der Waals surface area contributed by atoms with Crippen molar-refractivity contribution in [1.29, 1.82) is 0 Å². The fourth-order valence-electron chi connectivity index (χ4n) is 2.23. The van der Waals surface area contributed by atoms with E-state index >= 15 is 0 Å². The van der Waals surface area contributed by atoms with Crippen molar-refractivity contribution in [3.05, 3.63) is 53.2 Å². The highest BCUT2D eigenvalue weighted by atomic mass is 15.2. The van der Waals surface area contributed by atoms with Crippen LogP contribution in [-0.2, 0) is 6.42 Å². The van der Waals surface area contributed by atoms with E-state index in [1.54, 1.807) is 0 Å². The summed E-state index contributed by atoms with van der Waals surface area (Å²) >= 11 is 0. The predicted octanol–water partition coefficient (Wildman–Crippen LogP) is 2.97.